The molecule has 9 nitrogen and oxygen atoms in total. The number of cyclic esters (lactones) is 1. The van der Waals surface area contributed by atoms with E-state index in [1.54, 1.807) is 53.4 Å². The minimum absolute atomic E-state index is 0.0318. The van der Waals surface area contributed by atoms with Crippen LogP contribution >= 0.6 is 0 Å². The van der Waals surface area contributed by atoms with Gasteiger partial charge in [-0.25, -0.2) is 4.79 Å². The summed E-state index contributed by atoms with van der Waals surface area (Å²) in [5.41, 5.74) is 2.15. The maximum Gasteiger partial charge on any atom is 0.414 e. The molecule has 3 heterocycles. The van der Waals surface area contributed by atoms with Crippen molar-refractivity contribution in [2.24, 2.45) is 0 Å². The predicted molar refractivity (Wildman–Crippen MR) is 114 cm³/mol. The van der Waals surface area contributed by atoms with Gasteiger partial charge >= 0.3 is 6.09 Å². The third-order valence-corrected chi connectivity index (χ3v) is 5.89. The Hall–Kier alpha value is -3.72. The fourth-order valence-electron chi connectivity index (χ4n) is 4.20. The quantitative estimate of drug-likeness (QED) is 0.682. The molecule has 0 unspecified atom stereocenters. The van der Waals surface area contributed by atoms with Crippen LogP contribution in [0.25, 0.3) is 0 Å². The summed E-state index contributed by atoms with van der Waals surface area (Å²) in [6.45, 7) is 1.46. The second-order valence-electron chi connectivity index (χ2n) is 7.83. The minimum atomic E-state index is -0.564. The minimum Gasteiger partial charge on any atom is -0.444 e. The molecule has 2 aromatic rings. The summed E-state index contributed by atoms with van der Waals surface area (Å²) >= 11 is 0. The zero-order valence-corrected chi connectivity index (χ0v) is 17.2. The molecule has 4 amide bonds. The van der Waals surface area contributed by atoms with Crippen LogP contribution < -0.4 is 9.80 Å². The highest BCUT2D eigenvalue weighted by atomic mass is 16.6. The lowest BCUT2D eigenvalue weighted by Crippen LogP contribution is -2.47. The molecule has 32 heavy (non-hydrogen) atoms. The predicted octanol–water partition coefficient (Wildman–Crippen LogP) is 2.06. The molecular weight excluding hydrogens is 414 g/mol. The molecule has 9 heteroatoms. The van der Waals surface area contributed by atoms with Crippen LogP contribution in [0.4, 0.5) is 16.2 Å². The second-order valence-corrected chi connectivity index (χ2v) is 7.83. The van der Waals surface area contributed by atoms with Gasteiger partial charge in [-0.2, -0.15) is 0 Å². The molecule has 0 spiro atoms. The van der Waals surface area contributed by atoms with Gasteiger partial charge in [0.25, 0.3) is 17.7 Å². The van der Waals surface area contributed by atoms with E-state index in [2.05, 4.69) is 0 Å². The molecule has 3 aliphatic heterocycles. The van der Waals surface area contributed by atoms with Gasteiger partial charge in [-0.1, -0.05) is 12.1 Å². The first-order chi connectivity index (χ1) is 15.5. The van der Waals surface area contributed by atoms with Crippen LogP contribution in [0.5, 0.6) is 0 Å². The van der Waals surface area contributed by atoms with Crippen molar-refractivity contribution in [3.05, 3.63) is 59.7 Å². The van der Waals surface area contributed by atoms with Gasteiger partial charge in [-0.15, -0.1) is 0 Å². The Morgan fingerprint density at radius 3 is 2.03 bits per heavy atom. The van der Waals surface area contributed by atoms with E-state index in [1.807, 2.05) is 0 Å². The number of imide groups is 1. The number of hydrogen-bond acceptors (Lipinski definition) is 6. The molecule has 2 fully saturated rings. The summed E-state index contributed by atoms with van der Waals surface area (Å²) in [5.74, 6) is -0.827. The highest BCUT2D eigenvalue weighted by molar-refractivity contribution is 6.21. The molecule has 5 rings (SSSR count). The van der Waals surface area contributed by atoms with E-state index < -0.39 is 12.2 Å². The molecule has 0 bridgehead atoms. The number of amides is 4. The fraction of sp³-hybridized carbons (Fsp3) is 0.304. The Balaban J connectivity index is 1.22. The normalized spacial score (nSPS) is 21.1. The number of anilines is 2. The largest absolute Gasteiger partial charge is 0.444 e. The van der Waals surface area contributed by atoms with Gasteiger partial charge in [0.2, 0.25) is 0 Å². The summed E-state index contributed by atoms with van der Waals surface area (Å²) < 4.78 is 10.7. The molecule has 0 N–H and O–H groups in total. The van der Waals surface area contributed by atoms with Crippen molar-refractivity contribution in [1.29, 1.82) is 0 Å². The average molecular weight is 435 g/mol. The Morgan fingerprint density at radius 1 is 0.812 bits per heavy atom. The Labute approximate surface area is 184 Å². The van der Waals surface area contributed by atoms with Gasteiger partial charge in [0.1, 0.15) is 12.7 Å². The lowest BCUT2D eigenvalue weighted by atomic mass is 10.1. The molecule has 0 aliphatic carbocycles. The first-order valence-electron chi connectivity index (χ1n) is 10.4. The number of rotatable bonds is 4. The third kappa shape index (κ3) is 3.50. The first-order valence-corrected chi connectivity index (χ1v) is 10.4. The molecule has 0 aromatic heterocycles. The van der Waals surface area contributed by atoms with Crippen LogP contribution in [-0.4, -0.2) is 67.7 Å². The number of nitrogens with zero attached hydrogens (tertiary/aromatic N) is 3. The number of ether oxygens (including phenoxy) is 2. The molecular formula is C23H21N3O6. The van der Waals surface area contributed by atoms with E-state index in [-0.39, 0.29) is 30.9 Å². The topological polar surface area (TPSA) is 96.5 Å². The summed E-state index contributed by atoms with van der Waals surface area (Å²) in [6, 6.07) is 13.8. The molecule has 2 aromatic carbocycles. The van der Waals surface area contributed by atoms with Crippen molar-refractivity contribution in [1.82, 2.24) is 4.90 Å². The lowest BCUT2D eigenvalue weighted by molar-refractivity contribution is -0.125. The molecule has 164 valence electrons. The van der Waals surface area contributed by atoms with Crippen molar-refractivity contribution < 1.29 is 28.7 Å². The number of carbonyl (C=O) groups excluding carboxylic acids is 4. The van der Waals surface area contributed by atoms with E-state index in [0.717, 1.165) is 10.6 Å². The van der Waals surface area contributed by atoms with Crippen LogP contribution in [0, 0.1) is 0 Å². The number of hydrogen-bond donors (Lipinski definition) is 0. The summed E-state index contributed by atoms with van der Waals surface area (Å²) in [5, 5.41) is 0. The smallest absolute Gasteiger partial charge is 0.414 e. The maximum atomic E-state index is 12.6. The van der Waals surface area contributed by atoms with E-state index in [9.17, 15) is 19.2 Å². The number of carbonyl (C=O) groups is 4. The van der Waals surface area contributed by atoms with Gasteiger partial charge in [-0.3, -0.25) is 24.2 Å². The van der Waals surface area contributed by atoms with Crippen LogP contribution in [0.1, 0.15) is 27.1 Å². The number of fused-ring (bicyclic) bond motifs is 1. The van der Waals surface area contributed by atoms with Crippen molar-refractivity contribution >= 4 is 35.2 Å². The van der Waals surface area contributed by atoms with Crippen LogP contribution in [0.15, 0.2) is 48.5 Å². The lowest BCUT2D eigenvalue weighted by Gasteiger charge is -2.33. The molecule has 3 aliphatic rings. The molecule has 0 saturated carbocycles. The molecule has 2 saturated heterocycles. The average Bonchev–Trinajstić information content (AvgIpc) is 3.05. The highest BCUT2D eigenvalue weighted by Crippen LogP contribution is 2.27. The Kier molecular flexibility index (Phi) is 5.10. The van der Waals surface area contributed by atoms with Gasteiger partial charge in [0, 0.05) is 30.9 Å². The fourth-order valence-corrected chi connectivity index (χ4v) is 4.20. The zero-order valence-electron chi connectivity index (χ0n) is 17.2. The first kappa shape index (κ1) is 20.2. The molecule has 0 radical (unpaired) electrons. The SMILES string of the molecule is O=C1c2ccccc2C(=O)N1C[C@H]1CCN(c2ccc(N3CCOCC3=O)cc2)C(=O)O1. The van der Waals surface area contributed by atoms with Crippen molar-refractivity contribution in [3.63, 3.8) is 0 Å². The van der Waals surface area contributed by atoms with E-state index in [4.69, 9.17) is 9.47 Å². The summed E-state index contributed by atoms with van der Waals surface area (Å²) in [4.78, 5) is 54.0. The standard InChI is InChI=1S/C23H21N3O6/c27-20-14-31-12-11-24(20)15-5-7-16(8-6-15)25-10-9-17(32-23(25)30)13-26-21(28)18-3-1-2-4-19(18)22(26)29/h1-8,17H,9-14H2/t17-/m1/s1. The second kappa shape index (κ2) is 8.08. The van der Waals surface area contributed by atoms with Crippen molar-refractivity contribution in [2.75, 3.05) is 42.6 Å². The maximum absolute atomic E-state index is 12.6. The van der Waals surface area contributed by atoms with Gasteiger partial charge < -0.3 is 14.4 Å². The number of benzene rings is 2. The van der Waals surface area contributed by atoms with Crippen LogP contribution in [0.2, 0.25) is 0 Å². The van der Waals surface area contributed by atoms with Crippen molar-refractivity contribution in [2.45, 2.75) is 12.5 Å². The van der Waals surface area contributed by atoms with E-state index in [0.29, 0.717) is 42.9 Å². The monoisotopic (exact) mass is 435 g/mol. The van der Waals surface area contributed by atoms with Crippen LogP contribution in [-0.2, 0) is 14.3 Å². The number of morpholine rings is 1. The Morgan fingerprint density at radius 2 is 1.44 bits per heavy atom. The van der Waals surface area contributed by atoms with Crippen LogP contribution in [0.3, 0.4) is 0 Å². The van der Waals surface area contributed by atoms with Gasteiger partial charge in [0.05, 0.1) is 24.3 Å². The van der Waals surface area contributed by atoms with Crippen molar-refractivity contribution in [3.8, 4) is 0 Å². The zero-order chi connectivity index (χ0) is 22.2. The van der Waals surface area contributed by atoms with Gasteiger partial charge in [0.15, 0.2) is 0 Å². The Bertz CT molecular complexity index is 1060. The molecule has 1 atom stereocenters. The highest BCUT2D eigenvalue weighted by Gasteiger charge is 2.38. The van der Waals surface area contributed by atoms with Gasteiger partial charge in [-0.05, 0) is 36.4 Å². The summed E-state index contributed by atoms with van der Waals surface area (Å²) in [6.07, 6.45) is -0.623. The van der Waals surface area contributed by atoms with E-state index in [1.165, 1.54) is 4.90 Å². The summed E-state index contributed by atoms with van der Waals surface area (Å²) in [7, 11) is 0. The third-order valence-electron chi connectivity index (χ3n) is 5.89. The van der Waals surface area contributed by atoms with E-state index >= 15 is 0 Å².